The molecule has 0 heterocycles. The lowest BCUT2D eigenvalue weighted by Crippen LogP contribution is -2.24. The van der Waals surface area contributed by atoms with Gasteiger partial charge < -0.3 is 14.9 Å². The number of aliphatic hydroxyl groups is 2. The molecular formula is C12H18O3. The second kappa shape index (κ2) is 4.64. The van der Waals surface area contributed by atoms with Crippen molar-refractivity contribution in [1.29, 1.82) is 0 Å². The SMILES string of the molecule is CC(C)(C)Oc1c(CO)cccc1CO. The highest BCUT2D eigenvalue weighted by atomic mass is 16.5. The standard InChI is InChI=1S/C12H18O3/c1-12(2,3)15-11-9(7-13)5-4-6-10(11)8-14/h4-6,13-14H,7-8H2,1-3H3. The van der Waals surface area contributed by atoms with Gasteiger partial charge in [-0.1, -0.05) is 18.2 Å². The molecule has 0 bridgehead atoms. The Kier molecular flexibility index (Phi) is 3.72. The van der Waals surface area contributed by atoms with E-state index < -0.39 is 0 Å². The van der Waals surface area contributed by atoms with Crippen molar-refractivity contribution in [3.05, 3.63) is 29.3 Å². The van der Waals surface area contributed by atoms with Gasteiger partial charge in [0, 0.05) is 11.1 Å². The molecule has 0 spiro atoms. The van der Waals surface area contributed by atoms with Crippen LogP contribution in [0.3, 0.4) is 0 Å². The zero-order valence-corrected chi connectivity index (χ0v) is 9.45. The van der Waals surface area contributed by atoms with Crippen molar-refractivity contribution in [1.82, 2.24) is 0 Å². The van der Waals surface area contributed by atoms with Crippen LogP contribution in [-0.2, 0) is 13.2 Å². The number of para-hydroxylation sites is 1. The summed E-state index contributed by atoms with van der Waals surface area (Å²) in [6.45, 7) is 5.63. The minimum Gasteiger partial charge on any atom is -0.487 e. The number of hydrogen-bond donors (Lipinski definition) is 2. The average molecular weight is 210 g/mol. The lowest BCUT2D eigenvalue weighted by Gasteiger charge is -2.24. The van der Waals surface area contributed by atoms with Gasteiger partial charge >= 0.3 is 0 Å². The second-order valence-corrected chi connectivity index (χ2v) is 4.44. The minimum atomic E-state index is -0.338. The van der Waals surface area contributed by atoms with Crippen LogP contribution in [-0.4, -0.2) is 15.8 Å². The summed E-state index contributed by atoms with van der Waals surface area (Å²) in [5, 5.41) is 18.3. The van der Waals surface area contributed by atoms with Crippen LogP contribution in [0.2, 0.25) is 0 Å². The van der Waals surface area contributed by atoms with Gasteiger partial charge in [-0.3, -0.25) is 0 Å². The Morgan fingerprint density at radius 3 is 1.87 bits per heavy atom. The predicted octanol–water partition coefficient (Wildman–Crippen LogP) is 1.85. The third kappa shape index (κ3) is 3.22. The Balaban J connectivity index is 3.11. The zero-order valence-electron chi connectivity index (χ0n) is 9.45. The molecule has 1 aromatic rings. The Morgan fingerprint density at radius 1 is 1.07 bits per heavy atom. The van der Waals surface area contributed by atoms with Crippen molar-refractivity contribution in [2.45, 2.75) is 39.6 Å². The quantitative estimate of drug-likeness (QED) is 0.800. The first kappa shape index (κ1) is 12.0. The van der Waals surface area contributed by atoms with Crippen LogP contribution in [0.5, 0.6) is 5.75 Å². The van der Waals surface area contributed by atoms with E-state index in [1.165, 1.54) is 0 Å². The summed E-state index contributed by atoms with van der Waals surface area (Å²) in [5.41, 5.74) is 1.07. The number of aliphatic hydroxyl groups excluding tert-OH is 2. The normalized spacial score (nSPS) is 11.5. The van der Waals surface area contributed by atoms with E-state index >= 15 is 0 Å². The predicted molar refractivity (Wildman–Crippen MR) is 58.7 cm³/mol. The Bertz CT molecular complexity index is 304. The van der Waals surface area contributed by atoms with Gasteiger partial charge in [0.25, 0.3) is 0 Å². The van der Waals surface area contributed by atoms with E-state index in [0.717, 1.165) is 0 Å². The summed E-state index contributed by atoms with van der Waals surface area (Å²) in [6.07, 6.45) is 0. The molecule has 0 atom stereocenters. The molecule has 0 saturated heterocycles. The fourth-order valence-corrected chi connectivity index (χ4v) is 1.32. The van der Waals surface area contributed by atoms with Crippen molar-refractivity contribution < 1.29 is 14.9 Å². The average Bonchev–Trinajstić information content (AvgIpc) is 2.16. The van der Waals surface area contributed by atoms with Crippen molar-refractivity contribution in [2.24, 2.45) is 0 Å². The van der Waals surface area contributed by atoms with Gasteiger partial charge in [0.15, 0.2) is 0 Å². The van der Waals surface area contributed by atoms with Crippen molar-refractivity contribution in [3.63, 3.8) is 0 Å². The number of rotatable bonds is 3. The Hall–Kier alpha value is -1.06. The summed E-state index contributed by atoms with van der Waals surface area (Å²) in [6, 6.07) is 5.38. The first-order valence-corrected chi connectivity index (χ1v) is 4.99. The van der Waals surface area contributed by atoms with Crippen LogP contribution in [0.15, 0.2) is 18.2 Å². The molecule has 3 nitrogen and oxygen atoms in total. The molecule has 0 aliphatic heterocycles. The Morgan fingerprint density at radius 2 is 1.53 bits per heavy atom. The molecule has 1 aromatic carbocycles. The maximum Gasteiger partial charge on any atom is 0.131 e. The van der Waals surface area contributed by atoms with Crippen molar-refractivity contribution >= 4 is 0 Å². The van der Waals surface area contributed by atoms with Gasteiger partial charge in [0.05, 0.1) is 13.2 Å². The lowest BCUT2D eigenvalue weighted by molar-refractivity contribution is 0.121. The van der Waals surface area contributed by atoms with E-state index in [4.69, 9.17) is 4.74 Å². The third-order valence-corrected chi connectivity index (χ3v) is 1.93. The van der Waals surface area contributed by atoms with Gasteiger partial charge in [-0.2, -0.15) is 0 Å². The molecule has 0 saturated carbocycles. The monoisotopic (exact) mass is 210 g/mol. The first-order valence-electron chi connectivity index (χ1n) is 4.99. The van der Waals surface area contributed by atoms with Gasteiger partial charge in [0.1, 0.15) is 11.4 Å². The van der Waals surface area contributed by atoms with Crippen LogP contribution in [0.1, 0.15) is 31.9 Å². The van der Waals surface area contributed by atoms with Gasteiger partial charge in [-0.05, 0) is 20.8 Å². The molecular weight excluding hydrogens is 192 g/mol. The fourth-order valence-electron chi connectivity index (χ4n) is 1.32. The van der Waals surface area contributed by atoms with Crippen LogP contribution >= 0.6 is 0 Å². The highest BCUT2D eigenvalue weighted by Gasteiger charge is 2.17. The van der Waals surface area contributed by atoms with Crippen molar-refractivity contribution in [3.8, 4) is 5.75 Å². The van der Waals surface area contributed by atoms with E-state index in [1.807, 2.05) is 20.8 Å². The van der Waals surface area contributed by atoms with E-state index in [0.29, 0.717) is 16.9 Å². The first-order chi connectivity index (χ1) is 6.98. The van der Waals surface area contributed by atoms with Crippen LogP contribution < -0.4 is 4.74 Å². The fraction of sp³-hybridized carbons (Fsp3) is 0.500. The van der Waals surface area contributed by atoms with Crippen molar-refractivity contribution in [2.75, 3.05) is 0 Å². The summed E-state index contributed by atoms with van der Waals surface area (Å²) >= 11 is 0. The van der Waals surface area contributed by atoms with Crippen LogP contribution in [0.25, 0.3) is 0 Å². The lowest BCUT2D eigenvalue weighted by atomic mass is 10.1. The number of ether oxygens (including phenoxy) is 1. The molecule has 1 rings (SSSR count). The summed E-state index contributed by atoms with van der Waals surface area (Å²) in [7, 11) is 0. The summed E-state index contributed by atoms with van der Waals surface area (Å²) in [5.74, 6) is 0.593. The van der Waals surface area contributed by atoms with Gasteiger partial charge in [0.2, 0.25) is 0 Å². The molecule has 15 heavy (non-hydrogen) atoms. The zero-order chi connectivity index (χ0) is 11.5. The van der Waals surface area contributed by atoms with E-state index in [2.05, 4.69) is 0 Å². The number of hydrogen-bond acceptors (Lipinski definition) is 3. The molecule has 84 valence electrons. The van der Waals surface area contributed by atoms with Crippen LogP contribution in [0.4, 0.5) is 0 Å². The third-order valence-electron chi connectivity index (χ3n) is 1.93. The molecule has 2 N–H and O–H groups in total. The molecule has 3 heteroatoms. The molecule has 0 fully saturated rings. The van der Waals surface area contributed by atoms with Gasteiger partial charge in [-0.15, -0.1) is 0 Å². The smallest absolute Gasteiger partial charge is 0.131 e. The summed E-state index contributed by atoms with van der Waals surface area (Å²) < 4.78 is 5.73. The molecule has 0 radical (unpaired) electrons. The highest BCUT2D eigenvalue weighted by Crippen LogP contribution is 2.28. The molecule has 0 amide bonds. The number of benzene rings is 1. The maximum absolute atomic E-state index is 9.17. The van der Waals surface area contributed by atoms with E-state index in [9.17, 15) is 10.2 Å². The molecule has 0 unspecified atom stereocenters. The molecule has 0 aliphatic rings. The topological polar surface area (TPSA) is 49.7 Å². The van der Waals surface area contributed by atoms with Gasteiger partial charge in [-0.25, -0.2) is 0 Å². The maximum atomic E-state index is 9.17. The largest absolute Gasteiger partial charge is 0.487 e. The van der Waals surface area contributed by atoms with Crippen LogP contribution in [0, 0.1) is 0 Å². The minimum absolute atomic E-state index is 0.0841. The molecule has 0 aliphatic carbocycles. The summed E-state index contributed by atoms with van der Waals surface area (Å²) in [4.78, 5) is 0. The second-order valence-electron chi connectivity index (χ2n) is 4.44. The highest BCUT2D eigenvalue weighted by molar-refractivity contribution is 5.41. The van der Waals surface area contributed by atoms with E-state index in [-0.39, 0.29) is 18.8 Å². The molecule has 0 aromatic heterocycles. The Labute approximate surface area is 90.3 Å². The van der Waals surface area contributed by atoms with E-state index in [1.54, 1.807) is 18.2 Å².